The number of hydrogen-bond donors (Lipinski definition) is 0. The number of unbranched alkanes of at least 4 members (excludes halogenated alkanes) is 2. The molecule has 0 amide bonds. The summed E-state index contributed by atoms with van der Waals surface area (Å²) in [4.78, 5) is 0. The Kier molecular flexibility index (Phi) is 8.20. The zero-order chi connectivity index (χ0) is 21.3. The number of aryl methyl sites for hydroxylation is 1. The van der Waals surface area contributed by atoms with Crippen molar-refractivity contribution < 1.29 is 13.2 Å². The smallest absolute Gasteiger partial charge is 0.194 e. The summed E-state index contributed by atoms with van der Waals surface area (Å²) in [6, 6.07) is 11.0. The summed E-state index contributed by atoms with van der Waals surface area (Å²) in [6.45, 7) is 2.23. The van der Waals surface area contributed by atoms with Crippen molar-refractivity contribution in [2.45, 2.75) is 64.2 Å². The van der Waals surface area contributed by atoms with Crippen molar-refractivity contribution in [3.05, 3.63) is 82.7 Å². The molecule has 1 fully saturated rings. The lowest BCUT2D eigenvalue weighted by atomic mass is 9.78. The van der Waals surface area contributed by atoms with Gasteiger partial charge in [0.2, 0.25) is 0 Å². The van der Waals surface area contributed by atoms with Crippen LogP contribution < -0.4 is 0 Å². The van der Waals surface area contributed by atoms with Crippen LogP contribution in [-0.2, 0) is 6.42 Å². The monoisotopic (exact) mass is 410 g/mol. The number of allylic oxidation sites excluding steroid dienone is 2. The summed E-state index contributed by atoms with van der Waals surface area (Å²) in [6.07, 6.45) is 13.3. The molecule has 158 valence electrons. The van der Waals surface area contributed by atoms with Crippen LogP contribution in [0.2, 0.25) is 0 Å². The summed E-state index contributed by atoms with van der Waals surface area (Å²) in [7, 11) is 0. The minimum atomic E-state index is -1.46. The van der Waals surface area contributed by atoms with E-state index in [1.54, 1.807) is 6.08 Å². The predicted molar refractivity (Wildman–Crippen MR) is 117 cm³/mol. The van der Waals surface area contributed by atoms with Crippen molar-refractivity contribution in [3.8, 4) is 11.8 Å². The molecule has 1 aliphatic rings. The van der Waals surface area contributed by atoms with Gasteiger partial charge in [0.15, 0.2) is 17.5 Å². The van der Waals surface area contributed by atoms with E-state index in [0.717, 1.165) is 37.8 Å². The number of hydrogen-bond acceptors (Lipinski definition) is 0. The average Bonchev–Trinajstić information content (AvgIpc) is 2.76. The van der Waals surface area contributed by atoms with E-state index < -0.39 is 17.5 Å². The molecule has 2 aromatic rings. The van der Waals surface area contributed by atoms with Crippen LogP contribution in [0, 0.1) is 35.2 Å². The third kappa shape index (κ3) is 6.26. The number of halogens is 3. The molecule has 3 rings (SSSR count). The van der Waals surface area contributed by atoms with Crippen LogP contribution in [-0.4, -0.2) is 0 Å². The second-order valence-electron chi connectivity index (χ2n) is 8.19. The number of rotatable bonds is 6. The van der Waals surface area contributed by atoms with E-state index in [1.807, 2.05) is 0 Å². The molecule has 0 atom stereocenters. The summed E-state index contributed by atoms with van der Waals surface area (Å²) >= 11 is 0. The van der Waals surface area contributed by atoms with Gasteiger partial charge >= 0.3 is 0 Å². The highest BCUT2D eigenvalue weighted by molar-refractivity contribution is 5.38. The molecule has 0 radical (unpaired) electrons. The SMILES string of the molecule is CCCCCc1ccc(C2CCC(C=CC#Cc3cc(F)c(F)c(F)c3)CC2)cc1. The van der Waals surface area contributed by atoms with E-state index in [2.05, 4.69) is 49.1 Å². The molecule has 1 aliphatic carbocycles. The van der Waals surface area contributed by atoms with Crippen molar-refractivity contribution in [1.82, 2.24) is 0 Å². The first-order chi connectivity index (χ1) is 14.6. The molecule has 3 heteroatoms. The number of benzene rings is 2. The topological polar surface area (TPSA) is 0 Å². The minimum Gasteiger partial charge on any atom is -0.204 e. The molecule has 0 saturated heterocycles. The van der Waals surface area contributed by atoms with Crippen molar-refractivity contribution in [2.75, 3.05) is 0 Å². The maximum atomic E-state index is 13.2. The van der Waals surface area contributed by atoms with Gasteiger partial charge in [-0.25, -0.2) is 13.2 Å². The van der Waals surface area contributed by atoms with Crippen molar-refractivity contribution >= 4 is 0 Å². The van der Waals surface area contributed by atoms with Crippen LogP contribution >= 0.6 is 0 Å². The third-order valence-corrected chi connectivity index (χ3v) is 5.94. The van der Waals surface area contributed by atoms with Crippen molar-refractivity contribution in [3.63, 3.8) is 0 Å². The van der Waals surface area contributed by atoms with Crippen LogP contribution in [0.15, 0.2) is 48.6 Å². The fourth-order valence-corrected chi connectivity index (χ4v) is 4.12. The normalized spacial score (nSPS) is 18.9. The van der Waals surface area contributed by atoms with Gasteiger partial charge < -0.3 is 0 Å². The molecular weight excluding hydrogens is 381 g/mol. The first-order valence-electron chi connectivity index (χ1n) is 11.0. The van der Waals surface area contributed by atoms with Crippen molar-refractivity contribution in [1.29, 1.82) is 0 Å². The highest BCUT2D eigenvalue weighted by Crippen LogP contribution is 2.36. The van der Waals surface area contributed by atoms with Crippen LogP contribution in [0.25, 0.3) is 0 Å². The summed E-state index contributed by atoms with van der Waals surface area (Å²) in [5.41, 5.74) is 3.01. The van der Waals surface area contributed by atoms with Gasteiger partial charge in [-0.2, -0.15) is 0 Å². The van der Waals surface area contributed by atoms with E-state index in [4.69, 9.17) is 0 Å². The fraction of sp³-hybridized carbons (Fsp3) is 0.407. The van der Waals surface area contributed by atoms with Gasteiger partial charge in [0.05, 0.1) is 0 Å². The molecule has 0 aliphatic heterocycles. The van der Waals surface area contributed by atoms with E-state index in [1.165, 1.54) is 36.8 Å². The summed E-state index contributed by atoms with van der Waals surface area (Å²) < 4.78 is 39.4. The van der Waals surface area contributed by atoms with Gasteiger partial charge in [-0.15, -0.1) is 0 Å². The predicted octanol–water partition coefficient (Wildman–Crippen LogP) is 7.72. The fourth-order valence-electron chi connectivity index (χ4n) is 4.12. The Morgan fingerprint density at radius 1 is 0.933 bits per heavy atom. The first kappa shape index (κ1) is 22.2. The molecule has 30 heavy (non-hydrogen) atoms. The maximum Gasteiger partial charge on any atom is 0.194 e. The Balaban J connectivity index is 1.48. The van der Waals surface area contributed by atoms with E-state index >= 15 is 0 Å². The summed E-state index contributed by atoms with van der Waals surface area (Å²) in [5, 5.41) is 0. The van der Waals surface area contributed by atoms with Crippen LogP contribution in [0.5, 0.6) is 0 Å². The van der Waals surface area contributed by atoms with E-state index in [9.17, 15) is 13.2 Å². The van der Waals surface area contributed by atoms with Gasteiger partial charge in [-0.05, 0) is 79.7 Å². The van der Waals surface area contributed by atoms with E-state index in [0.29, 0.717) is 11.8 Å². The Bertz CT molecular complexity index is 884. The molecule has 0 spiro atoms. The quantitative estimate of drug-likeness (QED) is 0.260. The largest absolute Gasteiger partial charge is 0.204 e. The zero-order valence-corrected chi connectivity index (χ0v) is 17.6. The van der Waals surface area contributed by atoms with Gasteiger partial charge in [0.1, 0.15) is 0 Å². The molecule has 0 N–H and O–H groups in total. The lowest BCUT2D eigenvalue weighted by Gasteiger charge is -2.27. The molecule has 0 heterocycles. The highest BCUT2D eigenvalue weighted by Gasteiger charge is 2.20. The lowest BCUT2D eigenvalue weighted by molar-refractivity contribution is 0.376. The Morgan fingerprint density at radius 2 is 1.60 bits per heavy atom. The lowest BCUT2D eigenvalue weighted by Crippen LogP contribution is -2.11. The second-order valence-corrected chi connectivity index (χ2v) is 8.19. The zero-order valence-electron chi connectivity index (χ0n) is 17.6. The average molecular weight is 411 g/mol. The Morgan fingerprint density at radius 3 is 2.23 bits per heavy atom. The maximum absolute atomic E-state index is 13.2. The van der Waals surface area contributed by atoms with Crippen molar-refractivity contribution in [2.24, 2.45) is 5.92 Å². The molecule has 2 aromatic carbocycles. The molecular formula is C27H29F3. The van der Waals surface area contributed by atoms with Gasteiger partial charge in [0.25, 0.3) is 0 Å². The Hall–Kier alpha value is -2.47. The molecule has 0 unspecified atom stereocenters. The van der Waals surface area contributed by atoms with Gasteiger partial charge in [-0.3, -0.25) is 0 Å². The van der Waals surface area contributed by atoms with Crippen LogP contribution in [0.3, 0.4) is 0 Å². The minimum absolute atomic E-state index is 0.137. The second kappa shape index (κ2) is 11.1. The molecule has 0 aromatic heterocycles. The molecule has 1 saturated carbocycles. The van der Waals surface area contributed by atoms with Gasteiger partial charge in [0, 0.05) is 5.56 Å². The molecule has 0 nitrogen and oxygen atoms in total. The molecule has 0 bridgehead atoms. The van der Waals surface area contributed by atoms with Crippen LogP contribution in [0.1, 0.15) is 74.5 Å². The standard InChI is InChI=1S/C27H29F3/c1-2-3-4-7-20-10-14-23(15-11-20)24-16-12-21(13-17-24)8-5-6-9-22-18-25(28)27(30)26(29)19-22/h5,8,10-11,14-15,18-19,21,24H,2-4,7,12-13,16-17H2,1H3. The summed E-state index contributed by atoms with van der Waals surface area (Å²) in [5.74, 6) is 2.69. The first-order valence-corrected chi connectivity index (χ1v) is 11.0. The van der Waals surface area contributed by atoms with Gasteiger partial charge in [-0.1, -0.05) is 61.9 Å². The Labute approximate surface area is 178 Å². The third-order valence-electron chi connectivity index (χ3n) is 5.94. The highest BCUT2D eigenvalue weighted by atomic mass is 19.2. The van der Waals surface area contributed by atoms with Crippen LogP contribution in [0.4, 0.5) is 13.2 Å². The van der Waals surface area contributed by atoms with E-state index in [-0.39, 0.29) is 5.56 Å².